The van der Waals surface area contributed by atoms with Crippen molar-refractivity contribution in [1.82, 2.24) is 0 Å². The molecule has 0 saturated carbocycles. The smallest absolute Gasteiger partial charge is 0.222 e. The Bertz CT molecular complexity index is 1220. The molecular formula is C27H20N2O2. The first kappa shape index (κ1) is 21.4. The summed E-state index contributed by atoms with van der Waals surface area (Å²) in [6, 6.07) is 34.9. The van der Waals surface area contributed by atoms with Crippen LogP contribution in [0.15, 0.2) is 97.1 Å². The van der Waals surface area contributed by atoms with Crippen molar-refractivity contribution in [2.45, 2.75) is 6.42 Å². The van der Waals surface area contributed by atoms with Gasteiger partial charge in [0.25, 0.3) is 0 Å². The Morgan fingerprint density at radius 3 is 1.65 bits per heavy atom. The van der Waals surface area contributed by atoms with Crippen LogP contribution in [0.25, 0.3) is 33.4 Å². The summed E-state index contributed by atoms with van der Waals surface area (Å²) in [7, 11) is 0. The number of carbonyl (C=O) groups excluding carboxylic acids is 2. The summed E-state index contributed by atoms with van der Waals surface area (Å²) in [5, 5.41) is 10.8. The standard InChI is InChI=1S/C25H18.2CHNO/c1-3-9-18(10-4-1)22-15-16-23-21-14-8-7-13-20(21)17-24(23)25(22)19-11-5-2-6-12-19;2*2-1-3/h1-16H,17H2;2*2H. The van der Waals surface area contributed by atoms with Crippen molar-refractivity contribution in [3.63, 3.8) is 0 Å². The van der Waals surface area contributed by atoms with Crippen molar-refractivity contribution in [1.29, 1.82) is 10.8 Å². The van der Waals surface area contributed by atoms with Gasteiger partial charge < -0.3 is 0 Å². The zero-order chi connectivity index (χ0) is 22.1. The van der Waals surface area contributed by atoms with Gasteiger partial charge >= 0.3 is 0 Å². The van der Waals surface area contributed by atoms with E-state index in [1.807, 2.05) is 0 Å². The molecule has 0 fully saturated rings. The lowest BCUT2D eigenvalue weighted by molar-refractivity contribution is 0.562. The van der Waals surface area contributed by atoms with Crippen molar-refractivity contribution in [3.8, 4) is 33.4 Å². The lowest BCUT2D eigenvalue weighted by Crippen LogP contribution is -1.92. The van der Waals surface area contributed by atoms with E-state index < -0.39 is 0 Å². The van der Waals surface area contributed by atoms with Crippen LogP contribution in [-0.2, 0) is 16.0 Å². The van der Waals surface area contributed by atoms with Crippen LogP contribution in [0.2, 0.25) is 0 Å². The van der Waals surface area contributed by atoms with Crippen molar-refractivity contribution in [2.24, 2.45) is 0 Å². The normalized spacial score (nSPS) is 10.1. The van der Waals surface area contributed by atoms with Crippen LogP contribution < -0.4 is 0 Å². The SMILES string of the molecule is N=C=O.N=C=O.c1ccc(-c2ccc3c(c2-c2ccccc2)Cc2ccccc2-3)cc1. The first-order valence-corrected chi connectivity index (χ1v) is 9.67. The highest BCUT2D eigenvalue weighted by molar-refractivity contribution is 5.93. The molecule has 4 heteroatoms. The predicted octanol–water partition coefficient (Wildman–Crippen LogP) is 6.39. The molecule has 2 N–H and O–H groups in total. The summed E-state index contributed by atoms with van der Waals surface area (Å²) in [5.41, 5.74) is 10.9. The summed E-state index contributed by atoms with van der Waals surface area (Å²) in [4.78, 5) is 16.7. The molecule has 1 aliphatic rings. The molecule has 5 rings (SSSR count). The highest BCUT2D eigenvalue weighted by Crippen LogP contribution is 2.45. The summed E-state index contributed by atoms with van der Waals surface area (Å²) >= 11 is 0. The molecule has 0 atom stereocenters. The number of fused-ring (bicyclic) bond motifs is 3. The molecule has 31 heavy (non-hydrogen) atoms. The van der Waals surface area contributed by atoms with Crippen LogP contribution in [0.4, 0.5) is 0 Å². The predicted molar refractivity (Wildman–Crippen MR) is 122 cm³/mol. The van der Waals surface area contributed by atoms with E-state index in [-0.39, 0.29) is 0 Å². The third kappa shape index (κ3) is 4.63. The Morgan fingerprint density at radius 1 is 0.548 bits per heavy atom. The zero-order valence-corrected chi connectivity index (χ0v) is 16.8. The molecule has 1 aliphatic carbocycles. The minimum atomic E-state index is 0.750. The van der Waals surface area contributed by atoms with Gasteiger partial charge in [0, 0.05) is 0 Å². The van der Waals surface area contributed by atoms with Gasteiger partial charge in [-0.3, -0.25) is 0 Å². The van der Waals surface area contributed by atoms with Crippen molar-refractivity contribution >= 4 is 12.2 Å². The van der Waals surface area contributed by atoms with Gasteiger partial charge in [0.2, 0.25) is 12.2 Å². The topological polar surface area (TPSA) is 81.8 Å². The summed E-state index contributed by atoms with van der Waals surface area (Å²) in [6.45, 7) is 0. The third-order valence-electron chi connectivity index (χ3n) is 5.13. The highest BCUT2D eigenvalue weighted by Gasteiger charge is 2.23. The van der Waals surface area contributed by atoms with Gasteiger partial charge in [-0.05, 0) is 50.9 Å². The zero-order valence-electron chi connectivity index (χ0n) is 16.8. The molecule has 0 bridgehead atoms. The van der Waals surface area contributed by atoms with E-state index in [0.29, 0.717) is 0 Å². The largest absolute Gasteiger partial charge is 0.231 e. The quantitative estimate of drug-likeness (QED) is 0.264. The molecule has 150 valence electrons. The maximum absolute atomic E-state index is 8.35. The summed E-state index contributed by atoms with van der Waals surface area (Å²) in [6.07, 6.45) is 2.51. The summed E-state index contributed by atoms with van der Waals surface area (Å²) < 4.78 is 0. The van der Waals surface area contributed by atoms with Crippen molar-refractivity contribution in [2.75, 3.05) is 0 Å². The third-order valence-corrected chi connectivity index (χ3v) is 5.13. The molecule has 0 saturated heterocycles. The molecule has 0 heterocycles. The number of isocyanates is 2. The second-order valence-electron chi connectivity index (χ2n) is 6.78. The van der Waals surface area contributed by atoms with Crippen molar-refractivity contribution in [3.05, 3.63) is 108 Å². The number of nitrogens with one attached hydrogen (secondary N) is 2. The van der Waals surface area contributed by atoms with Gasteiger partial charge in [0.15, 0.2) is 0 Å². The van der Waals surface area contributed by atoms with Crippen LogP contribution in [-0.4, -0.2) is 12.2 Å². The lowest BCUT2D eigenvalue weighted by Gasteiger charge is -2.16. The molecule has 0 aliphatic heterocycles. The van der Waals surface area contributed by atoms with E-state index in [1.54, 1.807) is 0 Å². The molecule has 0 unspecified atom stereocenters. The maximum atomic E-state index is 8.35. The maximum Gasteiger partial charge on any atom is 0.231 e. The first-order valence-electron chi connectivity index (χ1n) is 9.67. The van der Waals surface area contributed by atoms with Crippen LogP contribution in [0, 0.1) is 10.8 Å². The molecule has 0 spiro atoms. The average molecular weight is 404 g/mol. The van der Waals surface area contributed by atoms with Gasteiger partial charge in [-0.2, -0.15) is 0 Å². The number of benzene rings is 4. The first-order chi connectivity index (χ1) is 15.2. The number of hydrogen-bond acceptors (Lipinski definition) is 4. The van der Waals surface area contributed by atoms with Gasteiger partial charge in [-0.15, -0.1) is 0 Å². The van der Waals surface area contributed by atoms with Crippen LogP contribution >= 0.6 is 0 Å². The minimum Gasteiger partial charge on any atom is -0.222 e. The monoisotopic (exact) mass is 404 g/mol. The van der Waals surface area contributed by atoms with E-state index in [0.717, 1.165) is 18.6 Å². The fourth-order valence-corrected chi connectivity index (χ4v) is 4.00. The molecule has 4 aromatic carbocycles. The molecule has 4 nitrogen and oxygen atoms in total. The Morgan fingerprint density at radius 2 is 1.03 bits per heavy atom. The van der Waals surface area contributed by atoms with Crippen LogP contribution in [0.5, 0.6) is 0 Å². The molecule has 0 radical (unpaired) electrons. The highest BCUT2D eigenvalue weighted by atomic mass is 16.1. The summed E-state index contributed by atoms with van der Waals surface area (Å²) in [5.74, 6) is 0. The van der Waals surface area contributed by atoms with Crippen LogP contribution in [0.3, 0.4) is 0 Å². The fourth-order valence-electron chi connectivity index (χ4n) is 4.00. The Labute approximate surface area is 180 Å². The lowest BCUT2D eigenvalue weighted by atomic mass is 9.88. The average Bonchev–Trinajstić information content (AvgIpc) is 3.19. The Balaban J connectivity index is 0.000000411. The second-order valence-corrected chi connectivity index (χ2v) is 6.78. The minimum absolute atomic E-state index is 0.750. The van der Waals surface area contributed by atoms with Gasteiger partial charge in [-0.1, -0.05) is 97.1 Å². The second kappa shape index (κ2) is 10.4. The molecular weight excluding hydrogens is 384 g/mol. The van der Waals surface area contributed by atoms with E-state index >= 15 is 0 Å². The van der Waals surface area contributed by atoms with Crippen molar-refractivity contribution < 1.29 is 9.59 Å². The van der Waals surface area contributed by atoms with Gasteiger partial charge in [0.1, 0.15) is 0 Å². The molecule has 0 aromatic heterocycles. The van der Waals surface area contributed by atoms with E-state index in [9.17, 15) is 0 Å². The van der Waals surface area contributed by atoms with Crippen LogP contribution in [0.1, 0.15) is 11.1 Å². The molecule has 4 aromatic rings. The Hall–Kier alpha value is -4.36. The van der Waals surface area contributed by atoms with E-state index in [2.05, 4.69) is 97.1 Å². The Kier molecular flexibility index (Phi) is 7.18. The fraction of sp³-hybridized carbons (Fsp3) is 0.0370. The van der Waals surface area contributed by atoms with E-state index in [1.165, 1.54) is 44.5 Å². The van der Waals surface area contributed by atoms with Gasteiger partial charge in [-0.25, -0.2) is 20.4 Å². The molecule has 0 amide bonds. The number of rotatable bonds is 2. The van der Waals surface area contributed by atoms with E-state index in [4.69, 9.17) is 20.4 Å². The van der Waals surface area contributed by atoms with Gasteiger partial charge in [0.05, 0.1) is 0 Å². The number of hydrogen-bond donors (Lipinski definition) is 2.